The van der Waals surface area contributed by atoms with Crippen molar-refractivity contribution >= 4 is 5.78 Å². The molecule has 0 saturated carbocycles. The number of hydrogen-bond donors (Lipinski definition) is 0. The zero-order valence-corrected chi connectivity index (χ0v) is 8.33. The van der Waals surface area contributed by atoms with E-state index in [-0.39, 0.29) is 24.3 Å². The van der Waals surface area contributed by atoms with Crippen molar-refractivity contribution in [1.29, 1.82) is 0 Å². The third kappa shape index (κ3) is 3.85. The molecule has 0 N–H and O–H groups in total. The fraction of sp³-hybridized carbons (Fsp3) is 0.889. The molecular weight excluding hydrogens is 172 g/mol. The Morgan fingerprint density at radius 1 is 1.54 bits per heavy atom. The topological polar surface area (TPSA) is 44.8 Å². The lowest BCUT2D eigenvalue weighted by Gasteiger charge is -2.24. The van der Waals surface area contributed by atoms with Gasteiger partial charge in [0.25, 0.3) is 0 Å². The van der Waals surface area contributed by atoms with Crippen LogP contribution in [-0.4, -0.2) is 18.9 Å². The standard InChI is InChI=1S/C9H16O4/c1-7(10)4-9(2,3)5-8-11-6-12-13-8/h8H,4-6H2,1-3H3. The van der Waals surface area contributed by atoms with Crippen LogP contribution in [0.2, 0.25) is 0 Å². The number of carbonyl (C=O) groups is 1. The summed E-state index contributed by atoms with van der Waals surface area (Å²) in [6, 6.07) is 0. The van der Waals surface area contributed by atoms with E-state index in [2.05, 4.69) is 4.89 Å². The number of ether oxygens (including phenoxy) is 1. The molecule has 1 fully saturated rings. The summed E-state index contributed by atoms with van der Waals surface area (Å²) in [5.41, 5.74) is -0.0931. The average Bonchev–Trinajstić information content (AvgIpc) is 2.34. The summed E-state index contributed by atoms with van der Waals surface area (Å²) < 4.78 is 5.11. The molecule has 1 rings (SSSR count). The van der Waals surface area contributed by atoms with Gasteiger partial charge in [0.1, 0.15) is 5.78 Å². The molecule has 0 bridgehead atoms. The van der Waals surface area contributed by atoms with Gasteiger partial charge in [0, 0.05) is 12.8 Å². The van der Waals surface area contributed by atoms with Gasteiger partial charge in [0.2, 0.25) is 0 Å². The van der Waals surface area contributed by atoms with Crippen molar-refractivity contribution in [3.63, 3.8) is 0 Å². The second-order valence-corrected chi connectivity index (χ2v) is 4.18. The number of carbonyl (C=O) groups excluding carboxylic acids is 1. The molecule has 1 aliphatic heterocycles. The van der Waals surface area contributed by atoms with E-state index in [1.807, 2.05) is 13.8 Å². The monoisotopic (exact) mass is 188 g/mol. The van der Waals surface area contributed by atoms with Gasteiger partial charge in [0.05, 0.1) is 0 Å². The molecule has 1 atom stereocenters. The molecule has 0 aliphatic carbocycles. The molecule has 76 valence electrons. The summed E-state index contributed by atoms with van der Waals surface area (Å²) in [5.74, 6) is 0.184. The molecule has 13 heavy (non-hydrogen) atoms. The molecule has 0 aromatic carbocycles. The van der Waals surface area contributed by atoms with E-state index in [1.54, 1.807) is 6.92 Å². The molecule has 0 spiro atoms. The predicted molar refractivity (Wildman–Crippen MR) is 45.6 cm³/mol. The lowest BCUT2D eigenvalue weighted by Crippen LogP contribution is -2.23. The first kappa shape index (κ1) is 10.6. The van der Waals surface area contributed by atoms with Crippen LogP contribution in [-0.2, 0) is 19.3 Å². The highest BCUT2D eigenvalue weighted by Crippen LogP contribution is 2.29. The van der Waals surface area contributed by atoms with E-state index in [1.165, 1.54) is 0 Å². The first-order valence-corrected chi connectivity index (χ1v) is 4.39. The summed E-state index contributed by atoms with van der Waals surface area (Å²) in [5, 5.41) is 0. The summed E-state index contributed by atoms with van der Waals surface area (Å²) in [6.07, 6.45) is 0.886. The fourth-order valence-electron chi connectivity index (χ4n) is 1.53. The molecule has 0 aromatic heterocycles. The van der Waals surface area contributed by atoms with Crippen LogP contribution in [0.15, 0.2) is 0 Å². The second-order valence-electron chi connectivity index (χ2n) is 4.18. The van der Waals surface area contributed by atoms with Crippen molar-refractivity contribution in [3.8, 4) is 0 Å². The quantitative estimate of drug-likeness (QED) is 0.629. The lowest BCUT2D eigenvalue weighted by molar-refractivity contribution is -0.281. The highest BCUT2D eigenvalue weighted by molar-refractivity contribution is 5.76. The third-order valence-corrected chi connectivity index (χ3v) is 1.92. The lowest BCUT2D eigenvalue weighted by atomic mass is 9.84. The van der Waals surface area contributed by atoms with Crippen molar-refractivity contribution in [3.05, 3.63) is 0 Å². The average molecular weight is 188 g/mol. The van der Waals surface area contributed by atoms with Gasteiger partial charge < -0.3 is 9.53 Å². The Labute approximate surface area is 78.1 Å². The highest BCUT2D eigenvalue weighted by atomic mass is 17.3. The van der Waals surface area contributed by atoms with Crippen molar-refractivity contribution in [2.45, 2.75) is 39.9 Å². The van der Waals surface area contributed by atoms with E-state index in [4.69, 9.17) is 9.62 Å². The molecule has 0 amide bonds. The van der Waals surface area contributed by atoms with E-state index in [9.17, 15) is 4.79 Å². The van der Waals surface area contributed by atoms with E-state index in [0.717, 1.165) is 0 Å². The van der Waals surface area contributed by atoms with Crippen molar-refractivity contribution in [1.82, 2.24) is 0 Å². The SMILES string of the molecule is CC(=O)CC(C)(C)CC1OCOO1. The number of rotatable bonds is 4. The van der Waals surface area contributed by atoms with Crippen LogP contribution in [0.25, 0.3) is 0 Å². The first-order valence-electron chi connectivity index (χ1n) is 4.39. The molecule has 1 unspecified atom stereocenters. The maximum absolute atomic E-state index is 10.9. The molecule has 4 nitrogen and oxygen atoms in total. The Morgan fingerprint density at radius 2 is 2.23 bits per heavy atom. The smallest absolute Gasteiger partial charge is 0.194 e. The Hall–Kier alpha value is -0.450. The van der Waals surface area contributed by atoms with Crippen LogP contribution >= 0.6 is 0 Å². The predicted octanol–water partition coefficient (Wildman–Crippen LogP) is 1.64. The van der Waals surface area contributed by atoms with Crippen molar-refractivity contribution in [2.24, 2.45) is 5.41 Å². The molecule has 1 saturated heterocycles. The zero-order chi connectivity index (χ0) is 9.90. The molecule has 4 heteroatoms. The van der Waals surface area contributed by atoms with Gasteiger partial charge in [-0.15, -0.1) is 0 Å². The van der Waals surface area contributed by atoms with Gasteiger partial charge in [-0.2, -0.15) is 0 Å². The highest BCUT2D eigenvalue weighted by Gasteiger charge is 2.29. The van der Waals surface area contributed by atoms with E-state index >= 15 is 0 Å². The number of Topliss-reactive ketones (excluding diaryl/α,β-unsaturated/α-hetero) is 1. The van der Waals surface area contributed by atoms with Crippen molar-refractivity contribution in [2.75, 3.05) is 6.79 Å². The fourth-order valence-corrected chi connectivity index (χ4v) is 1.53. The summed E-state index contributed by atoms with van der Waals surface area (Å²) in [7, 11) is 0. The van der Waals surface area contributed by atoms with Gasteiger partial charge in [0.15, 0.2) is 13.1 Å². The third-order valence-electron chi connectivity index (χ3n) is 1.92. The molecule has 0 aromatic rings. The van der Waals surface area contributed by atoms with Gasteiger partial charge in [-0.3, -0.25) is 0 Å². The minimum absolute atomic E-state index is 0.0931. The van der Waals surface area contributed by atoms with Crippen LogP contribution < -0.4 is 0 Å². The van der Waals surface area contributed by atoms with Crippen LogP contribution in [0.1, 0.15) is 33.6 Å². The normalized spacial score (nSPS) is 23.5. The first-order chi connectivity index (χ1) is 5.99. The van der Waals surface area contributed by atoms with Gasteiger partial charge >= 0.3 is 0 Å². The minimum atomic E-state index is -0.325. The van der Waals surface area contributed by atoms with Crippen LogP contribution in [0.3, 0.4) is 0 Å². The molecule has 1 aliphatic rings. The van der Waals surface area contributed by atoms with Crippen LogP contribution in [0.5, 0.6) is 0 Å². The van der Waals surface area contributed by atoms with E-state index in [0.29, 0.717) is 12.8 Å². The summed E-state index contributed by atoms with van der Waals surface area (Å²) in [4.78, 5) is 20.4. The Bertz CT molecular complexity index is 182. The summed E-state index contributed by atoms with van der Waals surface area (Å²) >= 11 is 0. The zero-order valence-electron chi connectivity index (χ0n) is 8.33. The molecular formula is C9H16O4. The van der Waals surface area contributed by atoms with Gasteiger partial charge in [-0.25, -0.2) is 9.78 Å². The summed E-state index contributed by atoms with van der Waals surface area (Å²) in [6.45, 7) is 5.80. The largest absolute Gasteiger partial charge is 0.320 e. The second kappa shape index (κ2) is 4.17. The van der Waals surface area contributed by atoms with Crippen LogP contribution in [0.4, 0.5) is 0 Å². The van der Waals surface area contributed by atoms with E-state index < -0.39 is 0 Å². The minimum Gasteiger partial charge on any atom is -0.320 e. The molecule has 0 radical (unpaired) electrons. The number of hydrogen-bond acceptors (Lipinski definition) is 4. The van der Waals surface area contributed by atoms with Gasteiger partial charge in [-0.1, -0.05) is 13.8 Å². The molecule has 1 heterocycles. The number of ketones is 1. The maximum Gasteiger partial charge on any atom is 0.194 e. The Balaban J connectivity index is 2.35. The Kier molecular flexibility index (Phi) is 3.41. The van der Waals surface area contributed by atoms with Crippen LogP contribution in [0, 0.1) is 5.41 Å². The maximum atomic E-state index is 10.9. The van der Waals surface area contributed by atoms with Crippen molar-refractivity contribution < 1.29 is 19.3 Å². The Morgan fingerprint density at radius 3 is 2.69 bits per heavy atom. The van der Waals surface area contributed by atoms with Gasteiger partial charge in [-0.05, 0) is 12.3 Å².